The number of urea groups is 1. The van der Waals surface area contributed by atoms with Gasteiger partial charge in [-0.3, -0.25) is 14.5 Å². The summed E-state index contributed by atoms with van der Waals surface area (Å²) in [7, 11) is 2.45. The second-order valence-corrected chi connectivity index (χ2v) is 12.5. The van der Waals surface area contributed by atoms with E-state index in [9.17, 15) is 45.1 Å². The maximum atomic E-state index is 13.8. The summed E-state index contributed by atoms with van der Waals surface area (Å²) in [5.41, 5.74) is -3.10. The molecule has 0 aromatic heterocycles. The molecule has 4 amide bonds. The fraction of sp³-hybridized carbons (Fsp3) is 0.531. The lowest BCUT2D eigenvalue weighted by Crippen LogP contribution is -2.48. The zero-order chi connectivity index (χ0) is 33.6. The van der Waals surface area contributed by atoms with Crippen molar-refractivity contribution in [2.75, 3.05) is 32.1 Å². The van der Waals surface area contributed by atoms with Crippen LogP contribution < -0.4 is 10.2 Å². The number of benzene rings is 2. The van der Waals surface area contributed by atoms with Crippen molar-refractivity contribution in [1.29, 1.82) is 0 Å². The average molecular weight is 657 g/mol. The van der Waals surface area contributed by atoms with Crippen molar-refractivity contribution in [1.82, 2.24) is 15.1 Å². The standard InChI is InChI=1S/C32H35F7N4O3/c1-41(25-14-21(31(34,35)36)13-22(15-25)32(37,38)39)30(46)42(2)27-17-43(16-26(27)18-7-9-23(33)10-8-18)29(45)20-5-3-19(4-6-20)28(44)40-24-11-12-24/h7-10,13-15,19-20,24,26-27H,3-6,11-12,16-17H2,1-2H3,(H,40,44)/t19-,20-,26-,27+/m0/s1. The van der Waals surface area contributed by atoms with Gasteiger partial charge >= 0.3 is 18.4 Å². The molecule has 3 aliphatic rings. The molecule has 0 unspecified atom stereocenters. The summed E-state index contributed by atoms with van der Waals surface area (Å²) in [6, 6.07) is 5.09. The van der Waals surface area contributed by atoms with Gasteiger partial charge in [0.1, 0.15) is 5.82 Å². The van der Waals surface area contributed by atoms with Crippen LogP contribution in [0.25, 0.3) is 0 Å². The Labute approximate surface area is 261 Å². The number of hydrogen-bond acceptors (Lipinski definition) is 3. The van der Waals surface area contributed by atoms with E-state index in [2.05, 4.69) is 5.32 Å². The molecule has 250 valence electrons. The van der Waals surface area contributed by atoms with Crippen LogP contribution in [-0.2, 0) is 21.9 Å². The Morgan fingerprint density at radius 3 is 1.85 bits per heavy atom. The van der Waals surface area contributed by atoms with E-state index in [4.69, 9.17) is 0 Å². The van der Waals surface area contributed by atoms with E-state index >= 15 is 0 Å². The molecule has 1 aliphatic heterocycles. The van der Waals surface area contributed by atoms with Gasteiger partial charge in [0.05, 0.1) is 17.2 Å². The second kappa shape index (κ2) is 12.7. The Hall–Kier alpha value is -3.84. The number of carbonyl (C=O) groups excluding carboxylic acids is 3. The predicted octanol–water partition coefficient (Wildman–Crippen LogP) is 6.43. The SMILES string of the molecule is CN(C(=O)N(C)[C@@H]1CN(C(=O)[C@H]2CC[C@H](C(=O)NC3CC3)CC2)C[C@H]1c1ccc(F)cc1)c1cc(C(F)(F)F)cc(C(F)(F)F)c1. The van der Waals surface area contributed by atoms with Gasteiger partial charge in [0.2, 0.25) is 11.8 Å². The first-order chi connectivity index (χ1) is 21.5. The topological polar surface area (TPSA) is 73.0 Å². The highest BCUT2D eigenvalue weighted by atomic mass is 19.4. The van der Waals surface area contributed by atoms with E-state index in [1.807, 2.05) is 0 Å². The van der Waals surface area contributed by atoms with Crippen LogP contribution in [0.15, 0.2) is 42.5 Å². The number of hydrogen-bond donors (Lipinski definition) is 1. The van der Waals surface area contributed by atoms with Gasteiger partial charge < -0.3 is 15.1 Å². The van der Waals surface area contributed by atoms with Crippen molar-refractivity contribution in [3.8, 4) is 0 Å². The maximum absolute atomic E-state index is 13.8. The van der Waals surface area contributed by atoms with Gasteiger partial charge in [-0.25, -0.2) is 9.18 Å². The molecular formula is C32H35F7N4O3. The third kappa shape index (κ3) is 7.41. The molecule has 2 atom stereocenters. The summed E-state index contributed by atoms with van der Waals surface area (Å²) in [6.07, 6.45) is -6.07. The first-order valence-electron chi connectivity index (χ1n) is 15.2. The number of nitrogens with zero attached hydrogens (tertiary/aromatic N) is 3. The monoisotopic (exact) mass is 656 g/mol. The van der Waals surface area contributed by atoms with E-state index in [1.165, 1.54) is 36.2 Å². The lowest BCUT2D eigenvalue weighted by atomic mass is 9.81. The molecule has 46 heavy (non-hydrogen) atoms. The number of likely N-dealkylation sites (tertiary alicyclic amines) is 1. The summed E-state index contributed by atoms with van der Waals surface area (Å²) in [5, 5.41) is 3.01. The molecule has 1 saturated heterocycles. The zero-order valence-corrected chi connectivity index (χ0v) is 25.3. The molecular weight excluding hydrogens is 621 g/mol. The fourth-order valence-electron chi connectivity index (χ4n) is 6.43. The minimum atomic E-state index is -5.09. The van der Waals surface area contributed by atoms with Crippen LogP contribution in [0.5, 0.6) is 0 Å². The minimum absolute atomic E-state index is 0.0104. The largest absolute Gasteiger partial charge is 0.416 e. The van der Waals surface area contributed by atoms with Crippen LogP contribution in [0.3, 0.4) is 0 Å². The van der Waals surface area contributed by atoms with Crippen LogP contribution in [0.4, 0.5) is 41.2 Å². The number of alkyl halides is 6. The summed E-state index contributed by atoms with van der Waals surface area (Å²) < 4.78 is 94.7. The van der Waals surface area contributed by atoms with Gasteiger partial charge in [-0.15, -0.1) is 0 Å². The molecule has 2 aliphatic carbocycles. The van der Waals surface area contributed by atoms with E-state index in [-0.39, 0.29) is 48.8 Å². The molecule has 2 saturated carbocycles. The summed E-state index contributed by atoms with van der Waals surface area (Å²) in [5.74, 6) is -1.65. The van der Waals surface area contributed by atoms with Crippen molar-refractivity contribution in [2.45, 2.75) is 68.9 Å². The normalized spacial score (nSPS) is 23.6. The Balaban J connectivity index is 1.35. The van der Waals surface area contributed by atoms with Crippen molar-refractivity contribution < 1.29 is 45.1 Å². The highest BCUT2D eigenvalue weighted by molar-refractivity contribution is 5.92. The highest BCUT2D eigenvalue weighted by Gasteiger charge is 2.44. The third-order valence-corrected chi connectivity index (χ3v) is 9.32. The minimum Gasteiger partial charge on any atom is -0.353 e. The number of rotatable bonds is 6. The van der Waals surface area contributed by atoms with Crippen molar-refractivity contribution in [3.05, 3.63) is 65.0 Å². The number of amides is 4. The van der Waals surface area contributed by atoms with Crippen molar-refractivity contribution >= 4 is 23.5 Å². The quantitative estimate of drug-likeness (QED) is 0.365. The molecule has 0 spiro atoms. The van der Waals surface area contributed by atoms with Crippen molar-refractivity contribution in [3.63, 3.8) is 0 Å². The number of likely N-dealkylation sites (N-methyl/N-ethyl adjacent to an activating group) is 1. The van der Waals surface area contributed by atoms with Crippen molar-refractivity contribution in [2.24, 2.45) is 11.8 Å². The molecule has 1 N–H and O–H groups in total. The Bertz CT molecular complexity index is 1420. The number of anilines is 1. The van der Waals surface area contributed by atoms with Crippen LogP contribution >= 0.6 is 0 Å². The van der Waals surface area contributed by atoms with Gasteiger partial charge in [0.15, 0.2) is 0 Å². The molecule has 5 rings (SSSR count). The lowest BCUT2D eigenvalue weighted by molar-refractivity contribution is -0.143. The number of nitrogens with one attached hydrogen (secondary N) is 1. The first-order valence-corrected chi connectivity index (χ1v) is 15.2. The van der Waals surface area contributed by atoms with Gasteiger partial charge in [-0.05, 0) is 74.4 Å². The van der Waals surface area contributed by atoms with Gasteiger partial charge in [-0.1, -0.05) is 12.1 Å². The van der Waals surface area contributed by atoms with E-state index in [1.54, 1.807) is 4.90 Å². The third-order valence-electron chi connectivity index (χ3n) is 9.32. The zero-order valence-electron chi connectivity index (χ0n) is 25.3. The van der Waals surface area contributed by atoms with Gasteiger partial charge in [0, 0.05) is 56.7 Å². The van der Waals surface area contributed by atoms with Gasteiger partial charge in [0.25, 0.3) is 0 Å². The maximum Gasteiger partial charge on any atom is 0.416 e. The van der Waals surface area contributed by atoms with Crippen LogP contribution in [0.1, 0.15) is 61.1 Å². The smallest absolute Gasteiger partial charge is 0.353 e. The average Bonchev–Trinajstić information content (AvgIpc) is 3.72. The van der Waals surface area contributed by atoms with Gasteiger partial charge in [-0.2, -0.15) is 26.3 Å². The Kier molecular flexibility index (Phi) is 9.29. The van der Waals surface area contributed by atoms with E-state index in [0.717, 1.165) is 19.9 Å². The molecule has 14 heteroatoms. The summed E-state index contributed by atoms with van der Waals surface area (Å²) >= 11 is 0. The highest BCUT2D eigenvalue weighted by Crippen LogP contribution is 2.40. The summed E-state index contributed by atoms with van der Waals surface area (Å²) in [4.78, 5) is 43.3. The van der Waals surface area contributed by atoms with Crippen LogP contribution in [0.2, 0.25) is 0 Å². The number of carbonyl (C=O) groups is 3. The van der Waals surface area contributed by atoms with E-state index in [0.29, 0.717) is 48.3 Å². The molecule has 0 radical (unpaired) electrons. The molecule has 7 nitrogen and oxygen atoms in total. The molecule has 2 aromatic rings. The van der Waals surface area contributed by atoms with Crippen LogP contribution in [-0.4, -0.2) is 66.9 Å². The van der Waals surface area contributed by atoms with Crippen LogP contribution in [0, 0.1) is 17.7 Å². The number of halogens is 7. The molecule has 2 aromatic carbocycles. The Morgan fingerprint density at radius 2 is 1.33 bits per heavy atom. The predicted molar refractivity (Wildman–Crippen MR) is 154 cm³/mol. The Morgan fingerprint density at radius 1 is 0.783 bits per heavy atom. The molecule has 3 fully saturated rings. The second-order valence-electron chi connectivity index (χ2n) is 12.5. The van der Waals surface area contributed by atoms with E-state index < -0.39 is 53.0 Å². The fourth-order valence-corrected chi connectivity index (χ4v) is 6.43. The summed E-state index contributed by atoms with van der Waals surface area (Å²) in [6.45, 7) is 0.218. The first kappa shape index (κ1) is 33.5. The molecule has 1 heterocycles. The lowest BCUT2D eigenvalue weighted by Gasteiger charge is -2.33. The molecule has 0 bridgehead atoms.